The molecule has 13 heavy (non-hydrogen) atoms. The zero-order chi connectivity index (χ0) is 9.26. The molecule has 0 saturated heterocycles. The fraction of sp³-hybridized carbons (Fsp3) is 0.125. The molecule has 0 radical (unpaired) electrons. The second-order valence-electron chi connectivity index (χ2n) is 2.43. The van der Waals surface area contributed by atoms with E-state index in [-0.39, 0.29) is 6.61 Å². The minimum absolute atomic E-state index is 0.101. The number of aliphatic hydroxyl groups excluding tert-OH is 1. The standard InChI is InChI=1S/C8H7NOS3/c10-3-5-1-2-6(13-5)8-9-7(11)4-12-8/h1-2,4,10-11H,3H2. The van der Waals surface area contributed by atoms with Crippen molar-refractivity contribution >= 4 is 35.3 Å². The average molecular weight is 229 g/mol. The first-order chi connectivity index (χ1) is 6.29. The SMILES string of the molecule is OCc1ccc(-c2nc(S)cs2)s1. The molecule has 0 amide bonds. The molecule has 0 aliphatic rings. The summed E-state index contributed by atoms with van der Waals surface area (Å²) < 4.78 is 0. The van der Waals surface area contributed by atoms with Crippen LogP contribution in [0.2, 0.25) is 0 Å². The molecular weight excluding hydrogens is 222 g/mol. The lowest BCUT2D eigenvalue weighted by Gasteiger charge is -1.86. The molecular formula is C8H7NOS3. The molecule has 68 valence electrons. The van der Waals surface area contributed by atoms with Crippen molar-refractivity contribution in [3.8, 4) is 9.88 Å². The highest BCUT2D eigenvalue weighted by Gasteiger charge is 2.05. The maximum atomic E-state index is 8.88. The summed E-state index contributed by atoms with van der Waals surface area (Å²) in [6.45, 7) is 0.101. The van der Waals surface area contributed by atoms with Crippen LogP contribution >= 0.6 is 35.3 Å². The Morgan fingerprint density at radius 3 is 2.85 bits per heavy atom. The van der Waals surface area contributed by atoms with Gasteiger partial charge in [-0.25, -0.2) is 4.98 Å². The number of nitrogens with zero attached hydrogens (tertiary/aromatic N) is 1. The van der Waals surface area contributed by atoms with Crippen molar-refractivity contribution in [1.82, 2.24) is 4.98 Å². The van der Waals surface area contributed by atoms with Crippen LogP contribution in [0.5, 0.6) is 0 Å². The summed E-state index contributed by atoms with van der Waals surface area (Å²) in [5, 5.41) is 12.5. The van der Waals surface area contributed by atoms with Crippen LogP contribution in [0.4, 0.5) is 0 Å². The molecule has 0 atom stereocenters. The minimum atomic E-state index is 0.101. The highest BCUT2D eigenvalue weighted by Crippen LogP contribution is 2.31. The van der Waals surface area contributed by atoms with Crippen molar-refractivity contribution in [3.05, 3.63) is 22.4 Å². The van der Waals surface area contributed by atoms with Crippen molar-refractivity contribution in [2.75, 3.05) is 0 Å². The molecule has 2 aromatic rings. The van der Waals surface area contributed by atoms with Crippen LogP contribution in [-0.4, -0.2) is 10.1 Å². The second-order valence-corrected chi connectivity index (χ2v) is 4.92. The monoisotopic (exact) mass is 229 g/mol. The average Bonchev–Trinajstić information content (AvgIpc) is 2.71. The first-order valence-corrected chi connectivity index (χ1v) is 5.78. The number of hydrogen-bond donors (Lipinski definition) is 2. The first-order valence-electron chi connectivity index (χ1n) is 3.64. The highest BCUT2D eigenvalue weighted by atomic mass is 32.1. The number of thiazole rings is 1. The fourth-order valence-corrected chi connectivity index (χ4v) is 2.91. The van der Waals surface area contributed by atoms with Crippen molar-refractivity contribution in [2.45, 2.75) is 11.6 Å². The summed E-state index contributed by atoms with van der Waals surface area (Å²) in [7, 11) is 0. The van der Waals surface area contributed by atoms with Crippen molar-refractivity contribution in [3.63, 3.8) is 0 Å². The van der Waals surface area contributed by atoms with Crippen molar-refractivity contribution < 1.29 is 5.11 Å². The molecule has 2 rings (SSSR count). The van der Waals surface area contributed by atoms with Gasteiger partial charge in [-0.2, -0.15) is 0 Å². The first kappa shape index (κ1) is 9.21. The Bertz CT molecular complexity index is 407. The van der Waals surface area contributed by atoms with Crippen molar-refractivity contribution in [2.24, 2.45) is 0 Å². The molecule has 1 N–H and O–H groups in total. The topological polar surface area (TPSA) is 33.1 Å². The molecule has 0 fully saturated rings. The van der Waals surface area contributed by atoms with Gasteiger partial charge in [0.05, 0.1) is 11.5 Å². The lowest BCUT2D eigenvalue weighted by Crippen LogP contribution is -1.70. The van der Waals surface area contributed by atoms with Gasteiger partial charge in [-0.3, -0.25) is 0 Å². The maximum Gasteiger partial charge on any atom is 0.134 e. The lowest BCUT2D eigenvalue weighted by molar-refractivity contribution is 0.285. The Labute approximate surface area is 89.3 Å². The van der Waals surface area contributed by atoms with E-state index in [1.54, 1.807) is 22.7 Å². The van der Waals surface area contributed by atoms with Crippen LogP contribution in [-0.2, 0) is 6.61 Å². The predicted molar refractivity (Wildman–Crippen MR) is 58.6 cm³/mol. The molecule has 0 spiro atoms. The quantitative estimate of drug-likeness (QED) is 0.776. The van der Waals surface area contributed by atoms with Gasteiger partial charge in [-0.15, -0.1) is 35.3 Å². The van der Waals surface area contributed by atoms with Gasteiger partial charge in [0.1, 0.15) is 10.0 Å². The molecule has 0 bridgehead atoms. The van der Waals surface area contributed by atoms with Gasteiger partial charge in [0.2, 0.25) is 0 Å². The number of aliphatic hydroxyl groups is 1. The van der Waals surface area contributed by atoms with Crippen LogP contribution in [0.15, 0.2) is 22.5 Å². The molecule has 2 aromatic heterocycles. The Hall–Kier alpha value is -0.360. The number of thiol groups is 1. The van der Waals surface area contributed by atoms with E-state index < -0.39 is 0 Å². The summed E-state index contributed by atoms with van der Waals surface area (Å²) >= 11 is 7.27. The molecule has 0 aliphatic carbocycles. The number of rotatable bonds is 2. The molecule has 0 saturated carbocycles. The fourth-order valence-electron chi connectivity index (χ4n) is 0.956. The zero-order valence-corrected chi connectivity index (χ0v) is 9.12. The van der Waals surface area contributed by atoms with Gasteiger partial charge in [0, 0.05) is 10.3 Å². The zero-order valence-electron chi connectivity index (χ0n) is 6.60. The summed E-state index contributed by atoms with van der Waals surface area (Å²) in [6.07, 6.45) is 0. The van der Waals surface area contributed by atoms with E-state index in [1.807, 2.05) is 17.5 Å². The van der Waals surface area contributed by atoms with Crippen LogP contribution < -0.4 is 0 Å². The van der Waals surface area contributed by atoms with Crippen LogP contribution in [0, 0.1) is 0 Å². The van der Waals surface area contributed by atoms with Crippen molar-refractivity contribution in [1.29, 1.82) is 0 Å². The Kier molecular flexibility index (Phi) is 2.69. The predicted octanol–water partition coefficient (Wildman–Crippen LogP) is 2.65. The summed E-state index contributed by atoms with van der Waals surface area (Å²) in [6, 6.07) is 3.89. The Balaban J connectivity index is 2.35. The van der Waals surface area contributed by atoms with Crippen LogP contribution in [0.3, 0.4) is 0 Å². The van der Waals surface area contributed by atoms with Gasteiger partial charge in [0.15, 0.2) is 0 Å². The van der Waals surface area contributed by atoms with Gasteiger partial charge in [-0.1, -0.05) is 0 Å². The molecule has 5 heteroatoms. The van der Waals surface area contributed by atoms with E-state index in [1.165, 1.54) is 0 Å². The van der Waals surface area contributed by atoms with E-state index in [0.717, 1.165) is 19.8 Å². The lowest BCUT2D eigenvalue weighted by atomic mass is 10.4. The van der Waals surface area contributed by atoms with E-state index >= 15 is 0 Å². The van der Waals surface area contributed by atoms with E-state index in [0.29, 0.717) is 0 Å². The summed E-state index contributed by atoms with van der Waals surface area (Å²) in [5.41, 5.74) is 0. The number of aromatic nitrogens is 1. The molecule has 2 nitrogen and oxygen atoms in total. The van der Waals surface area contributed by atoms with Gasteiger partial charge in [0.25, 0.3) is 0 Å². The third kappa shape index (κ3) is 1.94. The van der Waals surface area contributed by atoms with Crippen LogP contribution in [0.25, 0.3) is 9.88 Å². The maximum absolute atomic E-state index is 8.88. The molecule has 0 aliphatic heterocycles. The van der Waals surface area contributed by atoms with Crippen LogP contribution in [0.1, 0.15) is 4.88 Å². The minimum Gasteiger partial charge on any atom is -0.391 e. The normalized spacial score (nSPS) is 10.6. The summed E-state index contributed by atoms with van der Waals surface area (Å²) in [5.74, 6) is 0. The third-order valence-electron chi connectivity index (χ3n) is 1.52. The van der Waals surface area contributed by atoms with E-state index in [2.05, 4.69) is 17.6 Å². The summed E-state index contributed by atoms with van der Waals surface area (Å²) in [4.78, 5) is 6.30. The second kappa shape index (κ2) is 3.79. The highest BCUT2D eigenvalue weighted by molar-refractivity contribution is 7.80. The van der Waals surface area contributed by atoms with Gasteiger partial charge < -0.3 is 5.11 Å². The molecule has 2 heterocycles. The van der Waals surface area contributed by atoms with E-state index in [4.69, 9.17) is 5.11 Å². The number of hydrogen-bond acceptors (Lipinski definition) is 5. The van der Waals surface area contributed by atoms with Gasteiger partial charge >= 0.3 is 0 Å². The van der Waals surface area contributed by atoms with E-state index in [9.17, 15) is 0 Å². The number of thiophene rings is 1. The van der Waals surface area contributed by atoms with Gasteiger partial charge in [-0.05, 0) is 12.1 Å². The smallest absolute Gasteiger partial charge is 0.134 e. The molecule has 0 unspecified atom stereocenters. The third-order valence-corrected chi connectivity index (χ3v) is 4.01. The Morgan fingerprint density at radius 1 is 1.46 bits per heavy atom. The molecule has 0 aromatic carbocycles. The largest absolute Gasteiger partial charge is 0.391 e. The Morgan fingerprint density at radius 2 is 2.31 bits per heavy atom.